The number of esters is 1. The fourth-order valence-corrected chi connectivity index (χ4v) is 6.47. The molecule has 1 saturated carbocycles. The third kappa shape index (κ3) is 9.74. The van der Waals surface area contributed by atoms with Crippen LogP contribution in [-0.2, 0) is 38.6 Å². The summed E-state index contributed by atoms with van der Waals surface area (Å²) in [7, 11) is 1.31. The lowest BCUT2D eigenvalue weighted by molar-refractivity contribution is -0.253. The third-order valence-electron chi connectivity index (χ3n) is 9.04. The third-order valence-corrected chi connectivity index (χ3v) is 9.04. The van der Waals surface area contributed by atoms with E-state index in [1.54, 1.807) is 0 Å². The number of amides is 2. The minimum absolute atomic E-state index is 0.000477. The average Bonchev–Trinajstić information content (AvgIpc) is 3.66. The molecule has 3 N–H and O–H groups in total. The van der Waals surface area contributed by atoms with E-state index in [2.05, 4.69) is 22.1 Å². The van der Waals surface area contributed by atoms with Gasteiger partial charge in [-0.1, -0.05) is 97.8 Å². The number of nitrogens with zero attached hydrogens (tertiary/aromatic N) is 1. The SMILES string of the molecule is C=CCN(CC1CC(c2ccc(CO)cc2)OC(c2ccc(CNC(=O)NC(Cc3ccccc3)C(=O)OC)cc2)O1)C1CCCC1. The first-order valence-electron chi connectivity index (χ1n) is 16.6. The van der Waals surface area contributed by atoms with Gasteiger partial charge >= 0.3 is 12.0 Å². The summed E-state index contributed by atoms with van der Waals surface area (Å²) in [6, 6.07) is 24.5. The van der Waals surface area contributed by atoms with Crippen molar-refractivity contribution < 1.29 is 28.9 Å². The molecular formula is C38H47N3O6. The maximum absolute atomic E-state index is 12.7. The molecule has 2 amide bonds. The van der Waals surface area contributed by atoms with Crippen molar-refractivity contribution in [3.63, 3.8) is 0 Å². The van der Waals surface area contributed by atoms with E-state index in [1.165, 1.54) is 32.8 Å². The van der Waals surface area contributed by atoms with Crippen molar-refractivity contribution in [2.24, 2.45) is 0 Å². The van der Waals surface area contributed by atoms with E-state index >= 15 is 0 Å². The van der Waals surface area contributed by atoms with Crippen LogP contribution in [0.25, 0.3) is 0 Å². The number of aliphatic hydroxyl groups is 1. The fraction of sp³-hybridized carbons (Fsp3) is 0.421. The molecule has 5 rings (SSSR count). The second-order valence-electron chi connectivity index (χ2n) is 12.4. The number of benzene rings is 3. The largest absolute Gasteiger partial charge is 0.467 e. The van der Waals surface area contributed by atoms with Gasteiger partial charge in [-0.25, -0.2) is 9.59 Å². The lowest BCUT2D eigenvalue weighted by Gasteiger charge is -2.39. The first kappa shape index (κ1) is 34.3. The lowest BCUT2D eigenvalue weighted by atomic mass is 9.99. The van der Waals surface area contributed by atoms with E-state index in [-0.39, 0.29) is 25.4 Å². The Kier molecular flexibility index (Phi) is 12.6. The van der Waals surface area contributed by atoms with Crippen molar-refractivity contribution in [3.05, 3.63) is 119 Å². The smallest absolute Gasteiger partial charge is 0.328 e. The Morgan fingerprint density at radius 3 is 2.30 bits per heavy atom. The molecule has 1 aliphatic heterocycles. The number of methoxy groups -OCH3 is 1. The van der Waals surface area contributed by atoms with Crippen LogP contribution in [0.1, 0.15) is 72.3 Å². The molecule has 3 aromatic carbocycles. The quantitative estimate of drug-likeness (QED) is 0.152. The predicted octanol–water partition coefficient (Wildman–Crippen LogP) is 5.74. The predicted molar refractivity (Wildman–Crippen MR) is 180 cm³/mol. The Balaban J connectivity index is 1.23. The van der Waals surface area contributed by atoms with Crippen LogP contribution < -0.4 is 10.6 Å². The van der Waals surface area contributed by atoms with Gasteiger partial charge < -0.3 is 30.0 Å². The minimum Gasteiger partial charge on any atom is -0.467 e. The Morgan fingerprint density at radius 1 is 0.957 bits per heavy atom. The summed E-state index contributed by atoms with van der Waals surface area (Å²) in [6.45, 7) is 5.91. The molecule has 0 bridgehead atoms. The molecule has 0 spiro atoms. The van der Waals surface area contributed by atoms with E-state index < -0.39 is 24.3 Å². The zero-order chi connectivity index (χ0) is 33.0. The summed E-state index contributed by atoms with van der Waals surface area (Å²) < 4.78 is 18.1. The number of ether oxygens (including phenoxy) is 3. The number of carbonyl (C=O) groups is 2. The normalized spacial score (nSPS) is 20.4. The molecule has 9 heteroatoms. The second-order valence-corrected chi connectivity index (χ2v) is 12.4. The molecule has 1 aliphatic carbocycles. The number of urea groups is 1. The van der Waals surface area contributed by atoms with Crippen molar-refractivity contribution in [3.8, 4) is 0 Å². The molecule has 1 saturated heterocycles. The van der Waals surface area contributed by atoms with E-state index in [1.807, 2.05) is 84.9 Å². The maximum Gasteiger partial charge on any atom is 0.328 e. The molecule has 4 unspecified atom stereocenters. The number of hydrogen-bond donors (Lipinski definition) is 3. The van der Waals surface area contributed by atoms with Crippen molar-refractivity contribution in [2.45, 2.75) is 82.3 Å². The molecule has 4 atom stereocenters. The van der Waals surface area contributed by atoms with E-state index in [4.69, 9.17) is 14.2 Å². The van der Waals surface area contributed by atoms with Crippen LogP contribution in [0.5, 0.6) is 0 Å². The van der Waals surface area contributed by atoms with E-state index in [0.717, 1.165) is 47.3 Å². The minimum atomic E-state index is -0.804. The molecule has 2 fully saturated rings. The van der Waals surface area contributed by atoms with E-state index in [0.29, 0.717) is 12.5 Å². The van der Waals surface area contributed by atoms with Gasteiger partial charge in [-0.15, -0.1) is 6.58 Å². The summed E-state index contributed by atoms with van der Waals surface area (Å²) in [6.07, 6.45) is 7.20. The Labute approximate surface area is 277 Å². The summed E-state index contributed by atoms with van der Waals surface area (Å²) >= 11 is 0. The first-order chi connectivity index (χ1) is 22.9. The van der Waals surface area contributed by atoms with Crippen LogP contribution in [0, 0.1) is 0 Å². The van der Waals surface area contributed by atoms with Crippen LogP contribution in [0.15, 0.2) is 91.5 Å². The molecule has 1 heterocycles. The molecule has 0 radical (unpaired) electrons. The van der Waals surface area contributed by atoms with Crippen LogP contribution in [-0.4, -0.2) is 60.4 Å². The highest BCUT2D eigenvalue weighted by molar-refractivity contribution is 5.83. The van der Waals surface area contributed by atoms with Crippen LogP contribution in [0.2, 0.25) is 0 Å². The van der Waals surface area contributed by atoms with Gasteiger partial charge in [-0.05, 0) is 35.1 Å². The Bertz CT molecular complexity index is 1430. The van der Waals surface area contributed by atoms with Crippen LogP contribution in [0.3, 0.4) is 0 Å². The van der Waals surface area contributed by atoms with Gasteiger partial charge in [-0.2, -0.15) is 0 Å². The topological polar surface area (TPSA) is 109 Å². The Hall–Kier alpha value is -4.02. The zero-order valence-corrected chi connectivity index (χ0v) is 27.2. The van der Waals surface area contributed by atoms with Gasteiger partial charge in [0.1, 0.15) is 6.04 Å². The molecular weight excluding hydrogens is 594 g/mol. The van der Waals surface area contributed by atoms with Gasteiger partial charge in [0.25, 0.3) is 0 Å². The number of carbonyl (C=O) groups excluding carboxylic acids is 2. The molecule has 0 aromatic heterocycles. The zero-order valence-electron chi connectivity index (χ0n) is 27.2. The highest BCUT2D eigenvalue weighted by Crippen LogP contribution is 2.39. The van der Waals surface area contributed by atoms with Gasteiger partial charge in [0.05, 0.1) is 25.9 Å². The molecule has 2 aliphatic rings. The van der Waals surface area contributed by atoms with Crippen molar-refractivity contribution in [2.75, 3.05) is 20.2 Å². The first-order valence-corrected chi connectivity index (χ1v) is 16.6. The molecule has 47 heavy (non-hydrogen) atoms. The van der Waals surface area contributed by atoms with Crippen LogP contribution >= 0.6 is 0 Å². The monoisotopic (exact) mass is 641 g/mol. The number of rotatable bonds is 14. The lowest BCUT2D eigenvalue weighted by Crippen LogP contribution is -2.47. The number of hydrogen-bond acceptors (Lipinski definition) is 7. The Morgan fingerprint density at radius 2 is 1.64 bits per heavy atom. The molecule has 250 valence electrons. The number of aliphatic hydroxyl groups excluding tert-OH is 1. The number of nitrogens with one attached hydrogen (secondary N) is 2. The standard InChI is InChI=1S/C38H47N3O6/c1-3-21-41(32-11-7-8-12-32)25-33-23-35(30-17-15-29(26-42)16-18-30)47-37(46-33)31-19-13-28(14-20-31)24-39-38(44)40-34(36(43)45-2)22-27-9-5-4-6-10-27/h3-6,9-10,13-20,32-35,37,42H,1,7-8,11-12,21-26H2,2H3,(H2,39,40,44). The average molecular weight is 642 g/mol. The summed E-state index contributed by atoms with van der Waals surface area (Å²) in [5.74, 6) is -0.502. The molecule has 9 nitrogen and oxygen atoms in total. The van der Waals surface area contributed by atoms with Gasteiger partial charge in [0.2, 0.25) is 0 Å². The van der Waals surface area contributed by atoms with E-state index in [9.17, 15) is 14.7 Å². The van der Waals surface area contributed by atoms with Gasteiger partial charge in [-0.3, -0.25) is 4.90 Å². The maximum atomic E-state index is 12.7. The van der Waals surface area contributed by atoms with Gasteiger partial charge in [0.15, 0.2) is 6.29 Å². The van der Waals surface area contributed by atoms with Crippen LogP contribution in [0.4, 0.5) is 4.79 Å². The van der Waals surface area contributed by atoms with Crippen molar-refractivity contribution in [1.82, 2.24) is 15.5 Å². The second kappa shape index (κ2) is 17.2. The molecule has 3 aromatic rings. The van der Waals surface area contributed by atoms with Gasteiger partial charge in [0, 0.05) is 44.1 Å². The van der Waals surface area contributed by atoms with Crippen molar-refractivity contribution in [1.29, 1.82) is 0 Å². The summed E-state index contributed by atoms with van der Waals surface area (Å²) in [5, 5.41) is 15.1. The highest BCUT2D eigenvalue weighted by Gasteiger charge is 2.34. The summed E-state index contributed by atoms with van der Waals surface area (Å²) in [5.41, 5.74) is 4.63. The fourth-order valence-electron chi connectivity index (χ4n) is 6.47. The highest BCUT2D eigenvalue weighted by atomic mass is 16.7. The summed E-state index contributed by atoms with van der Waals surface area (Å²) in [4.78, 5) is 27.6. The van der Waals surface area contributed by atoms with Crippen molar-refractivity contribution >= 4 is 12.0 Å².